The van der Waals surface area contributed by atoms with Crippen LogP contribution in [0.1, 0.15) is 72.3 Å². The number of likely N-dealkylation sites (tertiary alicyclic amines) is 1. The summed E-state index contributed by atoms with van der Waals surface area (Å²) in [5.41, 5.74) is 1.41. The second-order valence-corrected chi connectivity index (χ2v) is 10.7. The number of likely N-dealkylation sites (N-methyl/N-ethyl adjacent to an activating group) is 1. The molecule has 4 nitrogen and oxygen atoms in total. The van der Waals surface area contributed by atoms with E-state index in [4.69, 9.17) is 4.74 Å². The molecule has 0 spiro atoms. The lowest BCUT2D eigenvalue weighted by atomic mass is 9.75. The Labute approximate surface area is 204 Å². The highest BCUT2D eigenvalue weighted by Crippen LogP contribution is 2.36. The third-order valence-electron chi connectivity index (χ3n) is 8.44. The largest absolute Gasteiger partial charge is 0.379 e. The Balaban J connectivity index is 2.10. The number of benzene rings is 1. The molecule has 1 aromatic carbocycles. The first kappa shape index (κ1) is 27.9. The van der Waals surface area contributed by atoms with Gasteiger partial charge in [-0.25, -0.2) is 0 Å². The van der Waals surface area contributed by atoms with E-state index < -0.39 is 0 Å². The zero-order valence-corrected chi connectivity index (χ0v) is 22.6. The van der Waals surface area contributed by atoms with E-state index >= 15 is 0 Å². The van der Waals surface area contributed by atoms with Crippen LogP contribution in [0.25, 0.3) is 0 Å². The monoisotopic (exact) mass is 458 g/mol. The van der Waals surface area contributed by atoms with Crippen molar-refractivity contribution in [3.05, 3.63) is 35.9 Å². The molecule has 33 heavy (non-hydrogen) atoms. The first-order valence-electron chi connectivity index (χ1n) is 13.3. The van der Waals surface area contributed by atoms with Crippen molar-refractivity contribution in [1.29, 1.82) is 0 Å². The number of amides is 1. The Morgan fingerprint density at radius 3 is 2.30 bits per heavy atom. The number of nitrogens with zero attached hydrogens (tertiary/aromatic N) is 2. The van der Waals surface area contributed by atoms with Gasteiger partial charge in [0.1, 0.15) is 0 Å². The van der Waals surface area contributed by atoms with Gasteiger partial charge in [0.25, 0.3) is 0 Å². The third kappa shape index (κ3) is 7.29. The molecular weight excluding hydrogens is 408 g/mol. The van der Waals surface area contributed by atoms with Crippen molar-refractivity contribution >= 4 is 5.91 Å². The molecule has 0 bridgehead atoms. The van der Waals surface area contributed by atoms with Crippen molar-refractivity contribution in [2.45, 2.75) is 91.3 Å². The molecule has 0 radical (unpaired) electrons. The molecule has 188 valence electrons. The predicted octanol–water partition coefficient (Wildman–Crippen LogP) is 5.90. The summed E-state index contributed by atoms with van der Waals surface area (Å²) in [6.45, 7) is 12.5. The highest BCUT2D eigenvalue weighted by atomic mass is 16.5. The number of hydrogen-bond donors (Lipinski definition) is 0. The predicted molar refractivity (Wildman–Crippen MR) is 139 cm³/mol. The van der Waals surface area contributed by atoms with E-state index in [1.54, 1.807) is 7.11 Å². The lowest BCUT2D eigenvalue weighted by Crippen LogP contribution is -2.49. The fourth-order valence-corrected chi connectivity index (χ4v) is 6.22. The van der Waals surface area contributed by atoms with E-state index in [1.165, 1.54) is 5.56 Å². The maximum Gasteiger partial charge on any atom is 0.225 e. The highest BCUT2D eigenvalue weighted by Gasteiger charge is 2.39. The highest BCUT2D eigenvalue weighted by molar-refractivity contribution is 5.77. The molecule has 1 aliphatic heterocycles. The van der Waals surface area contributed by atoms with Gasteiger partial charge in [0.15, 0.2) is 0 Å². The minimum atomic E-state index is -0.0711. The van der Waals surface area contributed by atoms with Crippen molar-refractivity contribution in [2.75, 3.05) is 27.7 Å². The van der Waals surface area contributed by atoms with Gasteiger partial charge in [0.2, 0.25) is 5.91 Å². The molecule has 0 saturated carbocycles. The zero-order chi connectivity index (χ0) is 24.5. The van der Waals surface area contributed by atoms with Crippen molar-refractivity contribution < 1.29 is 9.53 Å². The molecule has 1 amide bonds. The Morgan fingerprint density at radius 2 is 1.76 bits per heavy atom. The van der Waals surface area contributed by atoms with Crippen LogP contribution in [0, 0.1) is 23.7 Å². The first-order chi connectivity index (χ1) is 15.7. The Hall–Kier alpha value is -1.39. The quantitative estimate of drug-likeness (QED) is 0.369. The standard InChI is InChI=1S/C29H50N2O2/c1-9-21(3)29(30(6)7)27(33-8)20-28(32)31-18-14-17-26(31)25(10-2)23(5)22(4)19-24-15-12-11-13-16-24/h11-13,15-16,21-23,25-27,29H,9-10,14,17-20H2,1-8H3. The molecule has 4 heteroatoms. The molecule has 1 heterocycles. The fourth-order valence-electron chi connectivity index (χ4n) is 6.22. The van der Waals surface area contributed by atoms with Crippen LogP contribution in [0.2, 0.25) is 0 Å². The van der Waals surface area contributed by atoms with Gasteiger partial charge < -0.3 is 14.5 Å². The topological polar surface area (TPSA) is 32.8 Å². The molecule has 1 fully saturated rings. The number of carbonyl (C=O) groups is 1. The summed E-state index contributed by atoms with van der Waals surface area (Å²) in [6, 6.07) is 11.4. The summed E-state index contributed by atoms with van der Waals surface area (Å²) in [4.78, 5) is 18.0. The lowest BCUT2D eigenvalue weighted by molar-refractivity contribution is -0.137. The van der Waals surface area contributed by atoms with Crippen LogP contribution in [-0.4, -0.2) is 61.6 Å². The molecule has 0 N–H and O–H groups in total. The molecule has 1 aromatic rings. The molecule has 7 unspecified atom stereocenters. The average molecular weight is 459 g/mol. The molecule has 1 aliphatic rings. The Bertz CT molecular complexity index is 692. The summed E-state index contributed by atoms with van der Waals surface area (Å²) in [5, 5.41) is 0. The summed E-state index contributed by atoms with van der Waals surface area (Å²) in [5.74, 6) is 2.46. The normalized spacial score (nSPS) is 22.1. The van der Waals surface area contributed by atoms with Crippen molar-refractivity contribution in [1.82, 2.24) is 9.80 Å². The molecule has 7 atom stereocenters. The van der Waals surface area contributed by atoms with Crippen LogP contribution >= 0.6 is 0 Å². The molecule has 1 saturated heterocycles. The van der Waals surface area contributed by atoms with Crippen LogP contribution in [0.3, 0.4) is 0 Å². The minimum Gasteiger partial charge on any atom is -0.379 e. The summed E-state index contributed by atoms with van der Waals surface area (Å²) < 4.78 is 5.91. The molecular formula is C29H50N2O2. The van der Waals surface area contributed by atoms with Crippen LogP contribution < -0.4 is 0 Å². The van der Waals surface area contributed by atoms with Gasteiger partial charge in [-0.2, -0.15) is 0 Å². The number of carbonyl (C=O) groups excluding carboxylic acids is 1. The third-order valence-corrected chi connectivity index (χ3v) is 8.44. The van der Waals surface area contributed by atoms with Crippen molar-refractivity contribution in [3.63, 3.8) is 0 Å². The van der Waals surface area contributed by atoms with E-state index in [0.29, 0.717) is 36.1 Å². The molecule has 2 rings (SSSR count). The maximum atomic E-state index is 13.6. The zero-order valence-electron chi connectivity index (χ0n) is 22.6. The summed E-state index contributed by atoms with van der Waals surface area (Å²) in [6.07, 6.45) is 5.96. The van der Waals surface area contributed by atoms with Crippen LogP contribution in [0.5, 0.6) is 0 Å². The van der Waals surface area contributed by atoms with Gasteiger partial charge in [-0.3, -0.25) is 4.79 Å². The van der Waals surface area contributed by atoms with E-state index in [9.17, 15) is 4.79 Å². The van der Waals surface area contributed by atoms with Gasteiger partial charge >= 0.3 is 0 Å². The number of rotatable bonds is 13. The van der Waals surface area contributed by atoms with Gasteiger partial charge in [0, 0.05) is 25.7 Å². The second-order valence-electron chi connectivity index (χ2n) is 10.7. The van der Waals surface area contributed by atoms with Gasteiger partial charge in [0.05, 0.1) is 12.5 Å². The van der Waals surface area contributed by atoms with E-state index in [0.717, 1.165) is 38.6 Å². The average Bonchev–Trinajstić information content (AvgIpc) is 3.28. The van der Waals surface area contributed by atoms with E-state index in [1.807, 2.05) is 0 Å². The SMILES string of the molecule is CCC(C)C(C(CC(=O)N1CCCC1C(CC)C(C)C(C)Cc1ccccc1)OC)N(C)C. The minimum absolute atomic E-state index is 0.0711. The van der Waals surface area contributed by atoms with Gasteiger partial charge in [-0.1, -0.05) is 77.8 Å². The molecule has 0 aromatic heterocycles. The van der Waals surface area contributed by atoms with Gasteiger partial charge in [-0.05, 0) is 62.6 Å². The van der Waals surface area contributed by atoms with Gasteiger partial charge in [-0.15, -0.1) is 0 Å². The fraction of sp³-hybridized carbons (Fsp3) is 0.759. The van der Waals surface area contributed by atoms with Crippen LogP contribution in [-0.2, 0) is 16.0 Å². The molecule has 0 aliphatic carbocycles. The van der Waals surface area contributed by atoms with Crippen molar-refractivity contribution in [2.24, 2.45) is 23.7 Å². The van der Waals surface area contributed by atoms with E-state index in [-0.39, 0.29) is 18.1 Å². The number of ether oxygens (including phenoxy) is 1. The maximum absolute atomic E-state index is 13.6. The smallest absolute Gasteiger partial charge is 0.225 e. The summed E-state index contributed by atoms with van der Waals surface area (Å²) >= 11 is 0. The number of methoxy groups -OCH3 is 1. The second kappa shape index (κ2) is 13.5. The first-order valence-corrected chi connectivity index (χ1v) is 13.3. The Morgan fingerprint density at radius 1 is 1.09 bits per heavy atom. The van der Waals surface area contributed by atoms with E-state index in [2.05, 4.69) is 88.8 Å². The summed E-state index contributed by atoms with van der Waals surface area (Å²) in [7, 11) is 5.98. The lowest BCUT2D eigenvalue weighted by Gasteiger charge is -2.39. The number of hydrogen-bond acceptors (Lipinski definition) is 3. The Kier molecular flexibility index (Phi) is 11.4. The van der Waals surface area contributed by atoms with Crippen LogP contribution in [0.15, 0.2) is 30.3 Å². The van der Waals surface area contributed by atoms with Crippen molar-refractivity contribution in [3.8, 4) is 0 Å². The van der Waals surface area contributed by atoms with Crippen LogP contribution in [0.4, 0.5) is 0 Å².